The topological polar surface area (TPSA) is 47.2 Å². The highest BCUT2D eigenvalue weighted by molar-refractivity contribution is 9.10. The average molecular weight is 709 g/mol. The molecule has 0 aliphatic carbocycles. The first-order chi connectivity index (χ1) is 21.6. The summed E-state index contributed by atoms with van der Waals surface area (Å²) in [5, 5.41) is 10.4. The number of rotatable bonds is 5. The molecule has 4 nitrogen and oxygen atoms in total. The van der Waals surface area contributed by atoms with E-state index in [0.717, 1.165) is 46.8 Å². The summed E-state index contributed by atoms with van der Waals surface area (Å²) in [5.41, 5.74) is 0.823. The van der Waals surface area contributed by atoms with Crippen LogP contribution in [0, 0.1) is 11.6 Å². The Morgan fingerprint density at radius 2 is 1.04 bits per heavy atom. The zero-order valence-electron chi connectivity index (χ0n) is 23.3. The standard InChI is InChI=1S/C17H11F4NO2.C16H10BrF4N/c18-13-7-11-5-6-22(15(11)14(8-13)16(23)24)9-10-1-3-12(4-2-10)17(19,20)21;17-14-8-13(18)7-11-5-6-22(15(11)14)9-10-1-3-12(4-2-10)16(19,20)21/h1-8H,9H2,(H,23,24);1-8H,9H2. The Morgan fingerprint density at radius 1 is 0.630 bits per heavy atom. The van der Waals surface area contributed by atoms with Gasteiger partial charge in [-0.2, -0.15) is 26.3 Å². The molecule has 0 spiro atoms. The van der Waals surface area contributed by atoms with Crippen LogP contribution in [0.4, 0.5) is 35.1 Å². The van der Waals surface area contributed by atoms with Crippen molar-refractivity contribution in [2.45, 2.75) is 25.4 Å². The summed E-state index contributed by atoms with van der Waals surface area (Å²) in [6.45, 7) is 0.583. The number of fused-ring (bicyclic) bond motifs is 2. The average Bonchev–Trinajstić information content (AvgIpc) is 3.56. The number of carboxylic acids is 1. The first kappa shape index (κ1) is 32.7. The summed E-state index contributed by atoms with van der Waals surface area (Å²) in [6, 6.07) is 17.9. The fourth-order valence-corrected chi connectivity index (χ4v) is 5.67. The summed E-state index contributed by atoms with van der Waals surface area (Å²) in [5.74, 6) is -2.27. The van der Waals surface area contributed by atoms with Crippen molar-refractivity contribution in [1.82, 2.24) is 9.13 Å². The number of aromatic nitrogens is 2. The van der Waals surface area contributed by atoms with Crippen molar-refractivity contribution in [2.24, 2.45) is 0 Å². The Labute approximate surface area is 264 Å². The monoisotopic (exact) mass is 708 g/mol. The molecule has 2 heterocycles. The molecule has 0 unspecified atom stereocenters. The van der Waals surface area contributed by atoms with Crippen molar-refractivity contribution in [1.29, 1.82) is 0 Å². The van der Waals surface area contributed by atoms with Crippen LogP contribution in [0.5, 0.6) is 0 Å². The first-order valence-electron chi connectivity index (χ1n) is 13.4. The van der Waals surface area contributed by atoms with Crippen LogP contribution in [-0.2, 0) is 25.4 Å². The van der Waals surface area contributed by atoms with Gasteiger partial charge in [0, 0.05) is 40.7 Å². The first-order valence-corrected chi connectivity index (χ1v) is 14.2. The quantitative estimate of drug-likeness (QED) is 0.181. The van der Waals surface area contributed by atoms with Crippen LogP contribution in [0.1, 0.15) is 32.6 Å². The Hall–Kier alpha value is -4.65. The van der Waals surface area contributed by atoms with Gasteiger partial charge in [0.2, 0.25) is 0 Å². The van der Waals surface area contributed by atoms with E-state index in [4.69, 9.17) is 0 Å². The second-order valence-corrected chi connectivity index (χ2v) is 11.2. The lowest BCUT2D eigenvalue weighted by molar-refractivity contribution is -0.138. The van der Waals surface area contributed by atoms with E-state index in [-0.39, 0.29) is 17.9 Å². The molecule has 0 saturated heterocycles. The number of nitrogens with zero attached hydrogens (tertiary/aromatic N) is 2. The van der Waals surface area contributed by atoms with Crippen molar-refractivity contribution < 1.29 is 45.0 Å². The number of aromatic carboxylic acids is 1. The molecular formula is C33H21BrF8N2O2. The summed E-state index contributed by atoms with van der Waals surface area (Å²) in [7, 11) is 0. The molecule has 238 valence electrons. The predicted octanol–water partition coefficient (Wildman–Crippen LogP) is 10.2. The third kappa shape index (κ3) is 7.25. The van der Waals surface area contributed by atoms with Gasteiger partial charge in [0.15, 0.2) is 0 Å². The molecule has 0 saturated carbocycles. The van der Waals surface area contributed by atoms with Gasteiger partial charge in [0.05, 0.1) is 27.7 Å². The van der Waals surface area contributed by atoms with Crippen LogP contribution >= 0.6 is 15.9 Å². The summed E-state index contributed by atoms with van der Waals surface area (Å²) < 4.78 is 106. The van der Waals surface area contributed by atoms with Crippen LogP contribution < -0.4 is 0 Å². The minimum atomic E-state index is -4.41. The summed E-state index contributed by atoms with van der Waals surface area (Å²) in [6.07, 6.45) is -5.38. The second kappa shape index (κ2) is 12.6. The molecule has 0 atom stereocenters. The van der Waals surface area contributed by atoms with Gasteiger partial charge < -0.3 is 14.2 Å². The van der Waals surface area contributed by atoms with E-state index >= 15 is 0 Å². The summed E-state index contributed by atoms with van der Waals surface area (Å²) in [4.78, 5) is 11.3. The highest BCUT2D eigenvalue weighted by atomic mass is 79.9. The molecule has 0 aliphatic heterocycles. The minimum Gasteiger partial charge on any atom is -0.478 e. The fourth-order valence-electron chi connectivity index (χ4n) is 4.99. The van der Waals surface area contributed by atoms with E-state index in [1.54, 1.807) is 29.1 Å². The number of hydrogen-bond donors (Lipinski definition) is 1. The smallest absolute Gasteiger partial charge is 0.416 e. The molecule has 46 heavy (non-hydrogen) atoms. The highest BCUT2D eigenvalue weighted by Crippen LogP contribution is 2.31. The molecule has 6 aromatic rings. The molecule has 0 aliphatic rings. The van der Waals surface area contributed by atoms with E-state index in [9.17, 15) is 45.0 Å². The van der Waals surface area contributed by atoms with Crippen LogP contribution in [0.25, 0.3) is 21.8 Å². The highest BCUT2D eigenvalue weighted by Gasteiger charge is 2.30. The molecule has 1 N–H and O–H groups in total. The lowest BCUT2D eigenvalue weighted by Crippen LogP contribution is -2.07. The van der Waals surface area contributed by atoms with Crippen molar-refractivity contribution >= 4 is 43.7 Å². The van der Waals surface area contributed by atoms with Crippen LogP contribution in [0.15, 0.2) is 102 Å². The second-order valence-electron chi connectivity index (χ2n) is 10.3. The van der Waals surface area contributed by atoms with Crippen molar-refractivity contribution in [3.05, 3.63) is 141 Å². The maximum Gasteiger partial charge on any atom is 0.416 e. The maximum atomic E-state index is 13.5. The number of carboxylic acid groups (broad SMARTS) is 1. The maximum absolute atomic E-state index is 13.5. The number of benzene rings is 4. The number of hydrogen-bond acceptors (Lipinski definition) is 1. The fraction of sp³-hybridized carbons (Fsp3) is 0.121. The zero-order chi connectivity index (χ0) is 33.4. The number of halogens is 9. The zero-order valence-corrected chi connectivity index (χ0v) is 24.9. The van der Waals surface area contributed by atoms with Crippen molar-refractivity contribution in [2.75, 3.05) is 0 Å². The van der Waals surface area contributed by atoms with Gasteiger partial charge in [-0.25, -0.2) is 13.6 Å². The molecule has 13 heteroatoms. The Bertz CT molecular complexity index is 2030. The van der Waals surface area contributed by atoms with Gasteiger partial charge in [0.1, 0.15) is 11.6 Å². The van der Waals surface area contributed by atoms with E-state index in [2.05, 4.69) is 15.9 Å². The Morgan fingerprint density at radius 3 is 1.48 bits per heavy atom. The van der Waals surface area contributed by atoms with Gasteiger partial charge in [-0.3, -0.25) is 0 Å². The predicted molar refractivity (Wildman–Crippen MR) is 160 cm³/mol. The molecule has 6 rings (SSSR count). The van der Waals surface area contributed by atoms with Gasteiger partial charge in [-0.05, 0) is 87.7 Å². The molecule has 0 bridgehead atoms. The van der Waals surface area contributed by atoms with E-state index in [1.165, 1.54) is 42.5 Å². The lowest BCUT2D eigenvalue weighted by Gasteiger charge is -2.10. The van der Waals surface area contributed by atoms with E-state index in [0.29, 0.717) is 27.5 Å². The van der Waals surface area contributed by atoms with Gasteiger partial charge >= 0.3 is 18.3 Å². The van der Waals surface area contributed by atoms with Crippen molar-refractivity contribution in [3.63, 3.8) is 0 Å². The van der Waals surface area contributed by atoms with Crippen molar-refractivity contribution in [3.8, 4) is 0 Å². The molecule has 0 radical (unpaired) electrons. The molecule has 4 aromatic carbocycles. The molecular weight excluding hydrogens is 688 g/mol. The number of carbonyl (C=O) groups is 1. The Balaban J connectivity index is 0.000000182. The lowest BCUT2D eigenvalue weighted by atomic mass is 10.1. The third-order valence-electron chi connectivity index (χ3n) is 7.10. The minimum absolute atomic E-state index is 0.174. The normalized spacial score (nSPS) is 11.9. The molecule has 2 aromatic heterocycles. The third-order valence-corrected chi connectivity index (χ3v) is 7.71. The van der Waals surface area contributed by atoms with Crippen LogP contribution in [0.3, 0.4) is 0 Å². The van der Waals surface area contributed by atoms with Gasteiger partial charge in [-0.1, -0.05) is 24.3 Å². The van der Waals surface area contributed by atoms with Crippen LogP contribution in [0.2, 0.25) is 0 Å². The van der Waals surface area contributed by atoms with Gasteiger partial charge in [-0.15, -0.1) is 0 Å². The molecule has 0 fully saturated rings. The van der Waals surface area contributed by atoms with Crippen LogP contribution in [-0.4, -0.2) is 20.2 Å². The SMILES string of the molecule is Fc1cc(Br)c2c(ccn2Cc2ccc(C(F)(F)F)cc2)c1.O=C(O)c1cc(F)cc2ccn(Cc3ccc(C(F)(F)F)cc3)c12. The molecule has 0 amide bonds. The number of alkyl halides is 6. The van der Waals surface area contributed by atoms with E-state index in [1.807, 2.05) is 4.57 Å². The van der Waals surface area contributed by atoms with E-state index < -0.39 is 35.3 Å². The summed E-state index contributed by atoms with van der Waals surface area (Å²) >= 11 is 3.32. The largest absolute Gasteiger partial charge is 0.478 e. The van der Waals surface area contributed by atoms with Gasteiger partial charge in [0.25, 0.3) is 0 Å². The Kier molecular flexibility index (Phi) is 8.98.